The van der Waals surface area contributed by atoms with Gasteiger partial charge in [-0.25, -0.2) is 0 Å². The number of aromatic nitrogens is 2. The lowest BCUT2D eigenvalue weighted by atomic mass is 10.1. The maximum Gasteiger partial charge on any atom is 0.251 e. The van der Waals surface area contributed by atoms with Gasteiger partial charge in [0.1, 0.15) is 5.75 Å². The van der Waals surface area contributed by atoms with Gasteiger partial charge in [0.15, 0.2) is 0 Å². The van der Waals surface area contributed by atoms with Gasteiger partial charge in [-0.05, 0) is 43.7 Å². The van der Waals surface area contributed by atoms with Gasteiger partial charge in [0, 0.05) is 18.1 Å². The monoisotopic (exact) mass is 351 g/mol. The summed E-state index contributed by atoms with van der Waals surface area (Å²) in [4.78, 5) is 16.6. The van der Waals surface area contributed by atoms with Gasteiger partial charge in [0.2, 0.25) is 11.7 Å². The summed E-state index contributed by atoms with van der Waals surface area (Å²) >= 11 is 0. The Labute approximate surface area is 152 Å². The average molecular weight is 351 g/mol. The van der Waals surface area contributed by atoms with Crippen molar-refractivity contribution in [2.75, 3.05) is 6.61 Å². The van der Waals surface area contributed by atoms with Crippen LogP contribution in [0.25, 0.3) is 11.4 Å². The van der Waals surface area contributed by atoms with Gasteiger partial charge in [0.25, 0.3) is 5.91 Å². The first-order valence-electron chi connectivity index (χ1n) is 8.51. The normalized spacial score (nSPS) is 11.8. The molecule has 3 aromatic rings. The molecule has 0 saturated heterocycles. The van der Waals surface area contributed by atoms with Gasteiger partial charge >= 0.3 is 0 Å². The second-order valence-corrected chi connectivity index (χ2v) is 5.91. The molecule has 1 aromatic heterocycles. The molecule has 0 bridgehead atoms. The molecule has 0 aliphatic heterocycles. The third-order valence-electron chi connectivity index (χ3n) is 3.97. The van der Waals surface area contributed by atoms with Crippen LogP contribution in [0.2, 0.25) is 0 Å². The van der Waals surface area contributed by atoms with Crippen molar-refractivity contribution in [1.29, 1.82) is 0 Å². The fourth-order valence-electron chi connectivity index (χ4n) is 2.57. The highest BCUT2D eigenvalue weighted by molar-refractivity contribution is 5.94. The molecular formula is C20H21N3O3. The average Bonchev–Trinajstić information content (AvgIpc) is 3.09. The summed E-state index contributed by atoms with van der Waals surface area (Å²) in [6.07, 6.45) is 0. The van der Waals surface area contributed by atoms with Crippen LogP contribution in [0.3, 0.4) is 0 Å². The number of nitrogens with one attached hydrogen (secondary N) is 1. The van der Waals surface area contributed by atoms with E-state index in [0.29, 0.717) is 23.9 Å². The van der Waals surface area contributed by atoms with Gasteiger partial charge in [0.05, 0.1) is 12.6 Å². The van der Waals surface area contributed by atoms with Crippen molar-refractivity contribution in [2.24, 2.45) is 0 Å². The Morgan fingerprint density at radius 2 is 1.85 bits per heavy atom. The summed E-state index contributed by atoms with van der Waals surface area (Å²) in [6, 6.07) is 14.7. The zero-order valence-corrected chi connectivity index (χ0v) is 15.0. The molecule has 2 aromatic carbocycles. The number of aryl methyl sites for hydroxylation is 1. The first kappa shape index (κ1) is 17.7. The predicted molar refractivity (Wildman–Crippen MR) is 98.0 cm³/mol. The van der Waals surface area contributed by atoms with Gasteiger partial charge in [-0.2, -0.15) is 4.98 Å². The largest absolute Gasteiger partial charge is 0.494 e. The molecule has 1 amide bonds. The number of hydrogen-bond acceptors (Lipinski definition) is 5. The van der Waals surface area contributed by atoms with E-state index in [1.165, 1.54) is 0 Å². The lowest BCUT2D eigenvalue weighted by molar-refractivity contribution is 0.0940. The summed E-state index contributed by atoms with van der Waals surface area (Å²) in [5, 5.41) is 6.87. The Hall–Kier alpha value is -3.15. The molecule has 0 aliphatic carbocycles. The molecule has 1 unspecified atom stereocenters. The Balaban J connectivity index is 1.65. The van der Waals surface area contributed by atoms with Crippen molar-refractivity contribution in [1.82, 2.24) is 15.5 Å². The summed E-state index contributed by atoms with van der Waals surface area (Å²) in [6.45, 7) is 6.26. The van der Waals surface area contributed by atoms with Gasteiger partial charge in [-0.3, -0.25) is 4.79 Å². The van der Waals surface area contributed by atoms with Crippen molar-refractivity contribution in [2.45, 2.75) is 26.8 Å². The highest BCUT2D eigenvalue weighted by Gasteiger charge is 2.13. The molecule has 0 aliphatic rings. The maximum atomic E-state index is 12.5. The lowest BCUT2D eigenvalue weighted by Crippen LogP contribution is -2.26. The number of nitrogens with zero attached hydrogens (tertiary/aromatic N) is 2. The van der Waals surface area contributed by atoms with Crippen LogP contribution in [-0.4, -0.2) is 22.7 Å². The van der Waals surface area contributed by atoms with Crippen LogP contribution in [0.1, 0.15) is 41.7 Å². The predicted octanol–water partition coefficient (Wildman–Crippen LogP) is 3.93. The standard InChI is InChI=1S/C20H21N3O3/c1-4-25-18-11-9-15(10-12-18)13(2)21-20(24)17-7-5-16(6-8-17)19-22-14(3)26-23-19/h5-13H,4H2,1-3H3,(H,21,24). The van der Waals surface area contributed by atoms with Crippen molar-refractivity contribution in [3.8, 4) is 17.1 Å². The van der Waals surface area contributed by atoms with E-state index in [0.717, 1.165) is 16.9 Å². The Morgan fingerprint density at radius 3 is 2.42 bits per heavy atom. The zero-order valence-electron chi connectivity index (χ0n) is 15.0. The molecule has 0 fully saturated rings. The van der Waals surface area contributed by atoms with Gasteiger partial charge in [-0.1, -0.05) is 29.4 Å². The van der Waals surface area contributed by atoms with Crippen LogP contribution in [0.4, 0.5) is 0 Å². The van der Waals surface area contributed by atoms with E-state index in [9.17, 15) is 4.79 Å². The number of amides is 1. The molecule has 0 saturated carbocycles. The molecule has 26 heavy (non-hydrogen) atoms. The second kappa shape index (κ2) is 7.82. The van der Waals surface area contributed by atoms with E-state index in [-0.39, 0.29) is 11.9 Å². The maximum absolute atomic E-state index is 12.5. The topological polar surface area (TPSA) is 77.2 Å². The van der Waals surface area contributed by atoms with Crippen molar-refractivity contribution in [3.05, 3.63) is 65.5 Å². The van der Waals surface area contributed by atoms with Gasteiger partial charge < -0.3 is 14.6 Å². The second-order valence-electron chi connectivity index (χ2n) is 5.91. The number of benzene rings is 2. The van der Waals surface area contributed by atoms with Crippen molar-refractivity contribution >= 4 is 5.91 Å². The molecular weight excluding hydrogens is 330 g/mol. The molecule has 3 rings (SSSR count). The molecule has 0 radical (unpaired) electrons. The van der Waals surface area contributed by atoms with E-state index < -0.39 is 0 Å². The first-order valence-corrected chi connectivity index (χ1v) is 8.51. The Morgan fingerprint density at radius 1 is 1.15 bits per heavy atom. The number of hydrogen-bond donors (Lipinski definition) is 1. The van der Waals surface area contributed by atoms with Crippen LogP contribution >= 0.6 is 0 Å². The minimum Gasteiger partial charge on any atom is -0.494 e. The van der Waals surface area contributed by atoms with E-state index in [4.69, 9.17) is 9.26 Å². The third-order valence-corrected chi connectivity index (χ3v) is 3.97. The number of carbonyl (C=O) groups is 1. The zero-order chi connectivity index (χ0) is 18.5. The number of ether oxygens (including phenoxy) is 1. The van der Waals surface area contributed by atoms with E-state index in [1.807, 2.05) is 38.1 Å². The molecule has 134 valence electrons. The van der Waals surface area contributed by atoms with Crippen molar-refractivity contribution in [3.63, 3.8) is 0 Å². The number of rotatable bonds is 6. The molecule has 1 heterocycles. The van der Waals surface area contributed by atoms with E-state index in [1.54, 1.807) is 31.2 Å². The Bertz CT molecular complexity index is 870. The highest BCUT2D eigenvalue weighted by Crippen LogP contribution is 2.19. The summed E-state index contributed by atoms with van der Waals surface area (Å²) in [5.74, 6) is 1.70. The highest BCUT2D eigenvalue weighted by atomic mass is 16.5. The van der Waals surface area contributed by atoms with Crippen LogP contribution in [-0.2, 0) is 0 Å². The Kier molecular flexibility index (Phi) is 5.31. The summed E-state index contributed by atoms with van der Waals surface area (Å²) in [7, 11) is 0. The molecule has 6 nitrogen and oxygen atoms in total. The van der Waals surface area contributed by atoms with Crippen molar-refractivity contribution < 1.29 is 14.1 Å². The molecule has 0 spiro atoms. The third kappa shape index (κ3) is 4.08. The molecule has 1 N–H and O–H groups in total. The molecule has 1 atom stereocenters. The summed E-state index contributed by atoms with van der Waals surface area (Å²) < 4.78 is 10.4. The minimum atomic E-state index is -0.137. The van der Waals surface area contributed by atoms with Crippen LogP contribution in [0.15, 0.2) is 53.1 Å². The summed E-state index contributed by atoms with van der Waals surface area (Å²) in [5.41, 5.74) is 2.39. The van der Waals surface area contributed by atoms with Crippen LogP contribution in [0.5, 0.6) is 5.75 Å². The first-order chi connectivity index (χ1) is 12.6. The fraction of sp³-hybridized carbons (Fsp3) is 0.250. The lowest BCUT2D eigenvalue weighted by Gasteiger charge is -2.15. The van der Waals surface area contributed by atoms with Crippen LogP contribution in [0, 0.1) is 6.92 Å². The van der Waals surface area contributed by atoms with E-state index in [2.05, 4.69) is 15.5 Å². The quantitative estimate of drug-likeness (QED) is 0.728. The minimum absolute atomic E-state index is 0.113. The SMILES string of the molecule is CCOc1ccc(C(C)NC(=O)c2ccc(-c3noc(C)n3)cc2)cc1. The van der Waals surface area contributed by atoms with E-state index >= 15 is 0 Å². The molecule has 6 heteroatoms. The smallest absolute Gasteiger partial charge is 0.251 e. The van der Waals surface area contributed by atoms with Gasteiger partial charge in [-0.15, -0.1) is 0 Å². The number of carbonyl (C=O) groups excluding carboxylic acids is 1. The van der Waals surface area contributed by atoms with Crippen LogP contribution < -0.4 is 10.1 Å². The fourth-order valence-corrected chi connectivity index (χ4v) is 2.57.